The Morgan fingerprint density at radius 1 is 1.35 bits per heavy atom. The highest BCUT2D eigenvalue weighted by molar-refractivity contribution is 5.91. The summed E-state index contributed by atoms with van der Waals surface area (Å²) in [5.74, 6) is 0.795. The second-order valence-electron chi connectivity index (χ2n) is 5.49. The molecule has 0 aliphatic heterocycles. The first kappa shape index (κ1) is 17.3. The minimum atomic E-state index is -0.455. The molecule has 3 rings (SSSR count). The number of furan rings is 1. The summed E-state index contributed by atoms with van der Waals surface area (Å²) in [4.78, 5) is 26.8. The lowest BCUT2D eigenvalue weighted by molar-refractivity contribution is -0.385. The zero-order valence-electron chi connectivity index (χ0n) is 14.0. The molecule has 0 spiro atoms. The van der Waals surface area contributed by atoms with Gasteiger partial charge in [0, 0.05) is 30.2 Å². The Bertz CT molecular complexity index is 917. The van der Waals surface area contributed by atoms with Gasteiger partial charge in [0.15, 0.2) is 5.76 Å². The molecule has 3 aromatic rings. The number of carbonyl (C=O) groups excluding carboxylic acids is 1. The number of nitro benzene ring substituents is 1. The summed E-state index contributed by atoms with van der Waals surface area (Å²) in [5, 5.41) is 17.5. The van der Waals surface area contributed by atoms with Gasteiger partial charge in [-0.3, -0.25) is 14.9 Å². The molecule has 1 N–H and O–H groups in total. The Hall–Kier alpha value is -3.49. The molecule has 1 amide bonds. The molecule has 0 aliphatic carbocycles. The van der Waals surface area contributed by atoms with Crippen LogP contribution < -0.4 is 5.32 Å². The molecule has 2 aromatic heterocycles. The first-order valence-corrected chi connectivity index (χ1v) is 8.00. The van der Waals surface area contributed by atoms with Gasteiger partial charge in [-0.1, -0.05) is 18.1 Å². The Labute approximate surface area is 148 Å². The van der Waals surface area contributed by atoms with Crippen LogP contribution in [-0.4, -0.2) is 21.0 Å². The summed E-state index contributed by atoms with van der Waals surface area (Å²) in [6.45, 7) is 1.84. The second kappa shape index (κ2) is 7.60. The quantitative estimate of drug-likeness (QED) is 0.508. The van der Waals surface area contributed by atoms with Gasteiger partial charge in [-0.2, -0.15) is 4.98 Å². The average Bonchev–Trinajstić information content (AvgIpc) is 3.31. The first-order chi connectivity index (χ1) is 12.6. The molecule has 134 valence electrons. The van der Waals surface area contributed by atoms with E-state index in [0.717, 1.165) is 0 Å². The summed E-state index contributed by atoms with van der Waals surface area (Å²) in [5.41, 5.74) is 0.982. The number of benzene rings is 1. The predicted molar refractivity (Wildman–Crippen MR) is 91.4 cm³/mol. The van der Waals surface area contributed by atoms with Crippen molar-refractivity contribution in [2.45, 2.75) is 26.2 Å². The molecular weight excluding hydrogens is 340 g/mol. The van der Waals surface area contributed by atoms with Gasteiger partial charge in [-0.05, 0) is 24.6 Å². The summed E-state index contributed by atoms with van der Waals surface area (Å²) >= 11 is 0. The Balaban J connectivity index is 1.59. The molecular formula is C17H16N4O5. The zero-order valence-corrected chi connectivity index (χ0v) is 14.0. The van der Waals surface area contributed by atoms with Gasteiger partial charge in [0.25, 0.3) is 5.69 Å². The number of hydrogen-bond donors (Lipinski definition) is 1. The van der Waals surface area contributed by atoms with Crippen LogP contribution in [0.15, 0.2) is 45.5 Å². The molecule has 9 nitrogen and oxygen atoms in total. The predicted octanol–water partition coefficient (Wildman–Crippen LogP) is 3.37. The van der Waals surface area contributed by atoms with Gasteiger partial charge in [0.1, 0.15) is 0 Å². The van der Waals surface area contributed by atoms with Crippen molar-refractivity contribution in [1.82, 2.24) is 10.1 Å². The van der Waals surface area contributed by atoms with Crippen LogP contribution in [0.3, 0.4) is 0 Å². The Morgan fingerprint density at radius 2 is 2.19 bits per heavy atom. The molecule has 0 unspecified atom stereocenters. The lowest BCUT2D eigenvalue weighted by Crippen LogP contribution is -2.12. The second-order valence-corrected chi connectivity index (χ2v) is 5.49. The molecule has 0 fully saturated rings. The maximum absolute atomic E-state index is 12.1. The fourth-order valence-corrected chi connectivity index (χ4v) is 2.42. The van der Waals surface area contributed by atoms with Crippen molar-refractivity contribution in [1.29, 1.82) is 0 Å². The third-order valence-corrected chi connectivity index (χ3v) is 3.72. The highest BCUT2D eigenvalue weighted by atomic mass is 16.6. The lowest BCUT2D eigenvalue weighted by atomic mass is 10.1. The Morgan fingerprint density at radius 3 is 2.88 bits per heavy atom. The van der Waals surface area contributed by atoms with E-state index >= 15 is 0 Å². The number of carbonyl (C=O) groups is 1. The standard InChI is InChI=1S/C17H16N4O5/c1-2-11-5-6-12(10-13(11)21(23)24)18-15(22)7-8-16-19-17(20-26-16)14-4-3-9-25-14/h3-6,9-10H,2,7-8H2,1H3,(H,18,22). The van der Waals surface area contributed by atoms with E-state index in [2.05, 4.69) is 15.5 Å². The van der Waals surface area contributed by atoms with Gasteiger partial charge in [0.05, 0.1) is 11.2 Å². The molecule has 1 aromatic carbocycles. The highest BCUT2D eigenvalue weighted by Gasteiger charge is 2.15. The van der Waals surface area contributed by atoms with E-state index in [4.69, 9.17) is 8.94 Å². The minimum Gasteiger partial charge on any atom is -0.461 e. The van der Waals surface area contributed by atoms with Crippen LogP contribution in [0.5, 0.6) is 0 Å². The lowest BCUT2D eigenvalue weighted by Gasteiger charge is -2.06. The van der Waals surface area contributed by atoms with E-state index in [1.165, 1.54) is 12.3 Å². The Kier molecular flexibility index (Phi) is 5.07. The van der Waals surface area contributed by atoms with Gasteiger partial charge >= 0.3 is 0 Å². The van der Waals surface area contributed by atoms with Crippen molar-refractivity contribution in [2.24, 2.45) is 0 Å². The molecule has 0 saturated heterocycles. The summed E-state index contributed by atoms with van der Waals surface area (Å²) in [7, 11) is 0. The average molecular weight is 356 g/mol. The van der Waals surface area contributed by atoms with Crippen LogP contribution in [-0.2, 0) is 17.6 Å². The van der Waals surface area contributed by atoms with E-state index in [-0.39, 0.29) is 24.4 Å². The van der Waals surface area contributed by atoms with E-state index in [0.29, 0.717) is 35.1 Å². The number of nitrogens with zero attached hydrogens (tertiary/aromatic N) is 3. The number of aromatic nitrogens is 2. The summed E-state index contributed by atoms with van der Waals surface area (Å²) in [6, 6.07) is 8.06. The number of anilines is 1. The smallest absolute Gasteiger partial charge is 0.274 e. The number of nitro groups is 1. The third kappa shape index (κ3) is 3.94. The van der Waals surface area contributed by atoms with Crippen molar-refractivity contribution in [2.75, 3.05) is 5.32 Å². The van der Waals surface area contributed by atoms with Crippen molar-refractivity contribution >= 4 is 17.3 Å². The van der Waals surface area contributed by atoms with E-state index in [9.17, 15) is 14.9 Å². The van der Waals surface area contributed by atoms with E-state index in [1.54, 1.807) is 24.3 Å². The molecule has 0 saturated carbocycles. The van der Waals surface area contributed by atoms with Crippen LogP contribution in [0.2, 0.25) is 0 Å². The largest absolute Gasteiger partial charge is 0.461 e. The first-order valence-electron chi connectivity index (χ1n) is 8.00. The van der Waals surface area contributed by atoms with Crippen LogP contribution in [0, 0.1) is 10.1 Å². The molecule has 0 atom stereocenters. The van der Waals surface area contributed by atoms with Crippen LogP contribution in [0.1, 0.15) is 24.8 Å². The van der Waals surface area contributed by atoms with Crippen LogP contribution in [0.4, 0.5) is 11.4 Å². The third-order valence-electron chi connectivity index (χ3n) is 3.72. The van der Waals surface area contributed by atoms with Crippen molar-refractivity contribution in [3.05, 3.63) is 58.2 Å². The maximum Gasteiger partial charge on any atom is 0.274 e. The molecule has 0 bridgehead atoms. The van der Waals surface area contributed by atoms with E-state index < -0.39 is 4.92 Å². The summed E-state index contributed by atoms with van der Waals surface area (Å²) < 4.78 is 10.2. The zero-order chi connectivity index (χ0) is 18.5. The molecule has 9 heteroatoms. The minimum absolute atomic E-state index is 0.00899. The molecule has 26 heavy (non-hydrogen) atoms. The fourth-order valence-electron chi connectivity index (χ4n) is 2.42. The maximum atomic E-state index is 12.1. The van der Waals surface area contributed by atoms with Gasteiger partial charge in [-0.15, -0.1) is 0 Å². The summed E-state index contributed by atoms with van der Waals surface area (Å²) in [6.07, 6.45) is 2.39. The molecule has 2 heterocycles. The van der Waals surface area contributed by atoms with Gasteiger partial charge in [0.2, 0.25) is 17.6 Å². The van der Waals surface area contributed by atoms with Crippen molar-refractivity contribution < 1.29 is 18.7 Å². The fraction of sp³-hybridized carbons (Fsp3) is 0.235. The number of aryl methyl sites for hydroxylation is 2. The SMILES string of the molecule is CCc1ccc(NC(=O)CCc2nc(-c3ccco3)no2)cc1[N+](=O)[O-]. The van der Waals surface area contributed by atoms with Gasteiger partial charge in [-0.25, -0.2) is 0 Å². The number of rotatable bonds is 7. The number of hydrogen-bond acceptors (Lipinski definition) is 7. The number of nitrogens with one attached hydrogen (secondary N) is 1. The van der Waals surface area contributed by atoms with Crippen molar-refractivity contribution in [3.63, 3.8) is 0 Å². The highest BCUT2D eigenvalue weighted by Crippen LogP contribution is 2.24. The van der Waals surface area contributed by atoms with Crippen LogP contribution in [0.25, 0.3) is 11.6 Å². The topological polar surface area (TPSA) is 124 Å². The van der Waals surface area contributed by atoms with Crippen LogP contribution >= 0.6 is 0 Å². The van der Waals surface area contributed by atoms with Crippen molar-refractivity contribution in [3.8, 4) is 11.6 Å². The number of amides is 1. The normalized spacial score (nSPS) is 10.7. The molecule has 0 aliphatic rings. The monoisotopic (exact) mass is 356 g/mol. The van der Waals surface area contributed by atoms with E-state index in [1.807, 2.05) is 6.92 Å². The molecule has 0 radical (unpaired) electrons. The van der Waals surface area contributed by atoms with Gasteiger partial charge < -0.3 is 14.3 Å².